The molecule has 1 rings (SSSR count). The summed E-state index contributed by atoms with van der Waals surface area (Å²) in [5.41, 5.74) is 0.592. The molecule has 0 spiro atoms. The molecule has 0 bridgehead atoms. The third kappa shape index (κ3) is 3.22. The summed E-state index contributed by atoms with van der Waals surface area (Å²) in [4.78, 5) is 13.4. The summed E-state index contributed by atoms with van der Waals surface area (Å²) in [6.07, 6.45) is 0. The minimum Gasteiger partial charge on any atom is -0.395 e. The molecule has 1 amide bonds. The minimum absolute atomic E-state index is 0.0207. The first-order chi connectivity index (χ1) is 7.19. The molecule has 0 aliphatic rings. The van der Waals surface area contributed by atoms with Crippen LogP contribution in [0, 0.1) is 0 Å². The highest BCUT2D eigenvalue weighted by Gasteiger charge is 2.12. The van der Waals surface area contributed by atoms with Crippen LogP contribution in [0.15, 0.2) is 24.3 Å². The number of rotatable bonds is 4. The highest BCUT2D eigenvalue weighted by molar-refractivity contribution is 6.30. The van der Waals surface area contributed by atoms with Crippen molar-refractivity contribution >= 4 is 17.5 Å². The first-order valence-corrected chi connectivity index (χ1v) is 5.22. The fourth-order valence-electron chi connectivity index (χ4n) is 1.30. The molecule has 0 fully saturated rings. The van der Waals surface area contributed by atoms with Crippen molar-refractivity contribution in [2.24, 2.45) is 0 Å². The van der Waals surface area contributed by atoms with Gasteiger partial charge in [-0.3, -0.25) is 4.79 Å². The largest absolute Gasteiger partial charge is 0.395 e. The van der Waals surface area contributed by atoms with Gasteiger partial charge < -0.3 is 10.0 Å². The van der Waals surface area contributed by atoms with Gasteiger partial charge in [0, 0.05) is 23.7 Å². The van der Waals surface area contributed by atoms with Crippen LogP contribution in [0.1, 0.15) is 17.3 Å². The van der Waals surface area contributed by atoms with Gasteiger partial charge in [0.05, 0.1) is 6.61 Å². The second-order valence-electron chi connectivity index (χ2n) is 3.12. The number of carbonyl (C=O) groups is 1. The molecule has 0 unspecified atom stereocenters. The first-order valence-electron chi connectivity index (χ1n) is 4.84. The van der Waals surface area contributed by atoms with E-state index in [1.165, 1.54) is 0 Å². The standard InChI is InChI=1S/C11H14ClNO2/c1-2-13(7-8-14)11(15)9-3-5-10(12)6-4-9/h3-6,14H,2,7-8H2,1H3. The van der Waals surface area contributed by atoms with E-state index >= 15 is 0 Å². The zero-order chi connectivity index (χ0) is 11.3. The number of nitrogens with zero attached hydrogens (tertiary/aromatic N) is 1. The summed E-state index contributed by atoms with van der Waals surface area (Å²) in [5.74, 6) is -0.0804. The van der Waals surface area contributed by atoms with E-state index in [4.69, 9.17) is 16.7 Å². The van der Waals surface area contributed by atoms with E-state index in [0.717, 1.165) is 0 Å². The molecule has 1 aromatic rings. The third-order valence-corrected chi connectivity index (χ3v) is 2.38. The highest BCUT2D eigenvalue weighted by Crippen LogP contribution is 2.11. The summed E-state index contributed by atoms with van der Waals surface area (Å²) in [6, 6.07) is 6.73. The Morgan fingerprint density at radius 1 is 1.40 bits per heavy atom. The van der Waals surface area contributed by atoms with E-state index < -0.39 is 0 Å². The van der Waals surface area contributed by atoms with Gasteiger partial charge in [-0.2, -0.15) is 0 Å². The van der Waals surface area contributed by atoms with Gasteiger partial charge in [0.25, 0.3) is 5.91 Å². The van der Waals surface area contributed by atoms with E-state index in [1.807, 2.05) is 6.92 Å². The Bertz CT molecular complexity index is 324. The Labute approximate surface area is 94.3 Å². The number of aliphatic hydroxyl groups excluding tert-OH is 1. The van der Waals surface area contributed by atoms with Crippen molar-refractivity contribution in [3.05, 3.63) is 34.9 Å². The second kappa shape index (κ2) is 5.73. The fraction of sp³-hybridized carbons (Fsp3) is 0.364. The lowest BCUT2D eigenvalue weighted by Gasteiger charge is -2.19. The van der Waals surface area contributed by atoms with Crippen molar-refractivity contribution in [3.8, 4) is 0 Å². The number of benzene rings is 1. The predicted octanol–water partition coefficient (Wildman–Crippen LogP) is 1.79. The van der Waals surface area contributed by atoms with Gasteiger partial charge in [-0.05, 0) is 31.2 Å². The average molecular weight is 228 g/mol. The van der Waals surface area contributed by atoms with E-state index in [9.17, 15) is 4.79 Å². The maximum Gasteiger partial charge on any atom is 0.253 e. The molecule has 82 valence electrons. The Hall–Kier alpha value is -1.06. The van der Waals surface area contributed by atoms with Crippen molar-refractivity contribution in [1.29, 1.82) is 0 Å². The Balaban J connectivity index is 2.78. The number of amides is 1. The number of halogens is 1. The monoisotopic (exact) mass is 227 g/mol. The normalized spacial score (nSPS) is 10.1. The van der Waals surface area contributed by atoms with Crippen molar-refractivity contribution in [3.63, 3.8) is 0 Å². The zero-order valence-electron chi connectivity index (χ0n) is 8.61. The molecule has 0 radical (unpaired) electrons. The number of likely N-dealkylation sites (N-methyl/N-ethyl adjacent to an activating group) is 1. The Kier molecular flexibility index (Phi) is 4.59. The van der Waals surface area contributed by atoms with Crippen LogP contribution in [0.5, 0.6) is 0 Å². The van der Waals surface area contributed by atoms with E-state index in [2.05, 4.69) is 0 Å². The van der Waals surface area contributed by atoms with Crippen molar-refractivity contribution in [1.82, 2.24) is 4.90 Å². The molecule has 15 heavy (non-hydrogen) atoms. The fourth-order valence-corrected chi connectivity index (χ4v) is 1.43. The van der Waals surface area contributed by atoms with E-state index in [-0.39, 0.29) is 12.5 Å². The molecule has 1 N–H and O–H groups in total. The van der Waals surface area contributed by atoms with Crippen molar-refractivity contribution < 1.29 is 9.90 Å². The lowest BCUT2D eigenvalue weighted by Crippen LogP contribution is -2.33. The molecule has 0 saturated heterocycles. The molecule has 4 heteroatoms. The molecular formula is C11H14ClNO2. The number of aliphatic hydroxyl groups is 1. The van der Waals surface area contributed by atoms with Crippen LogP contribution in [0.4, 0.5) is 0 Å². The zero-order valence-corrected chi connectivity index (χ0v) is 9.37. The molecule has 3 nitrogen and oxygen atoms in total. The lowest BCUT2D eigenvalue weighted by molar-refractivity contribution is 0.0732. The van der Waals surface area contributed by atoms with Crippen LogP contribution >= 0.6 is 11.6 Å². The topological polar surface area (TPSA) is 40.5 Å². The molecule has 0 aliphatic carbocycles. The molecule has 0 aliphatic heterocycles. The molecule has 0 heterocycles. The quantitative estimate of drug-likeness (QED) is 0.852. The summed E-state index contributed by atoms with van der Waals surface area (Å²) >= 11 is 5.73. The molecular weight excluding hydrogens is 214 g/mol. The summed E-state index contributed by atoms with van der Waals surface area (Å²) < 4.78 is 0. The van der Waals surface area contributed by atoms with E-state index in [1.54, 1.807) is 29.2 Å². The maximum absolute atomic E-state index is 11.8. The van der Waals surface area contributed by atoms with Gasteiger partial charge in [0.15, 0.2) is 0 Å². The third-order valence-electron chi connectivity index (χ3n) is 2.13. The van der Waals surface area contributed by atoms with Crippen LogP contribution in [-0.2, 0) is 0 Å². The summed E-state index contributed by atoms with van der Waals surface area (Å²) in [6.45, 7) is 2.80. The molecule has 1 aromatic carbocycles. The SMILES string of the molecule is CCN(CCO)C(=O)c1ccc(Cl)cc1. The van der Waals surface area contributed by atoms with Gasteiger partial charge in [0.1, 0.15) is 0 Å². The molecule has 0 saturated carbocycles. The van der Waals surface area contributed by atoms with Crippen LogP contribution in [0.2, 0.25) is 5.02 Å². The van der Waals surface area contributed by atoms with Gasteiger partial charge >= 0.3 is 0 Å². The summed E-state index contributed by atoms with van der Waals surface area (Å²) in [7, 11) is 0. The van der Waals surface area contributed by atoms with Gasteiger partial charge in [-0.1, -0.05) is 11.6 Å². The predicted molar refractivity (Wildman–Crippen MR) is 60.1 cm³/mol. The van der Waals surface area contributed by atoms with Crippen LogP contribution in [0.3, 0.4) is 0 Å². The smallest absolute Gasteiger partial charge is 0.253 e. The summed E-state index contributed by atoms with van der Waals surface area (Å²) in [5, 5.41) is 9.40. The van der Waals surface area contributed by atoms with Gasteiger partial charge in [-0.15, -0.1) is 0 Å². The lowest BCUT2D eigenvalue weighted by atomic mass is 10.2. The van der Waals surface area contributed by atoms with Crippen molar-refractivity contribution in [2.45, 2.75) is 6.92 Å². The van der Waals surface area contributed by atoms with Crippen molar-refractivity contribution in [2.75, 3.05) is 19.7 Å². The average Bonchev–Trinajstić information content (AvgIpc) is 2.26. The molecule has 0 aromatic heterocycles. The Morgan fingerprint density at radius 2 is 2.00 bits per heavy atom. The first kappa shape index (κ1) is 12.0. The van der Waals surface area contributed by atoms with Crippen LogP contribution < -0.4 is 0 Å². The van der Waals surface area contributed by atoms with E-state index in [0.29, 0.717) is 23.7 Å². The minimum atomic E-state index is -0.0804. The number of carbonyl (C=O) groups excluding carboxylic acids is 1. The number of hydrogen-bond acceptors (Lipinski definition) is 2. The van der Waals surface area contributed by atoms with Gasteiger partial charge in [0.2, 0.25) is 0 Å². The van der Waals surface area contributed by atoms with Crippen LogP contribution in [0.25, 0.3) is 0 Å². The van der Waals surface area contributed by atoms with Crippen LogP contribution in [-0.4, -0.2) is 35.6 Å². The second-order valence-corrected chi connectivity index (χ2v) is 3.55. The highest BCUT2D eigenvalue weighted by atomic mass is 35.5. The molecule has 0 atom stereocenters. The Morgan fingerprint density at radius 3 is 2.47 bits per heavy atom. The maximum atomic E-state index is 11.8. The van der Waals surface area contributed by atoms with Gasteiger partial charge in [-0.25, -0.2) is 0 Å². The number of hydrogen-bond donors (Lipinski definition) is 1.